The Labute approximate surface area is 150 Å². The normalized spacial score (nSPS) is 11.1. The van der Waals surface area contributed by atoms with Gasteiger partial charge in [0.2, 0.25) is 10.0 Å². The standard InChI is InChI=1S/C17H17N5O3S/c1-26(24,25)21-16-5-3-2-4-15(16)20-17(23)14-8-6-13(7-9-14)10-22-12-18-11-19-22/h2-9,11-12,21H,10H2,1H3,(H,20,23). The molecule has 0 aliphatic heterocycles. The van der Waals surface area contributed by atoms with Crippen LogP contribution in [0.3, 0.4) is 0 Å². The highest BCUT2D eigenvalue weighted by molar-refractivity contribution is 7.92. The summed E-state index contributed by atoms with van der Waals surface area (Å²) in [5.74, 6) is -0.333. The first kappa shape index (κ1) is 17.6. The van der Waals surface area contributed by atoms with E-state index >= 15 is 0 Å². The lowest BCUT2D eigenvalue weighted by molar-refractivity contribution is 0.102. The number of carbonyl (C=O) groups is 1. The van der Waals surface area contributed by atoms with Gasteiger partial charge in [-0.3, -0.25) is 9.52 Å². The van der Waals surface area contributed by atoms with Crippen molar-refractivity contribution in [2.75, 3.05) is 16.3 Å². The molecule has 1 amide bonds. The summed E-state index contributed by atoms with van der Waals surface area (Å²) in [5, 5.41) is 6.76. The largest absolute Gasteiger partial charge is 0.320 e. The van der Waals surface area contributed by atoms with Gasteiger partial charge in [0.25, 0.3) is 5.91 Å². The Hall–Kier alpha value is -3.20. The molecule has 0 spiro atoms. The highest BCUT2D eigenvalue weighted by Crippen LogP contribution is 2.22. The lowest BCUT2D eigenvalue weighted by Crippen LogP contribution is -2.16. The van der Waals surface area contributed by atoms with E-state index in [1.54, 1.807) is 47.4 Å². The van der Waals surface area contributed by atoms with Crippen LogP contribution < -0.4 is 10.0 Å². The number of amides is 1. The Morgan fingerprint density at radius 2 is 1.77 bits per heavy atom. The molecular weight excluding hydrogens is 354 g/mol. The second kappa shape index (κ2) is 7.36. The minimum absolute atomic E-state index is 0.311. The summed E-state index contributed by atoms with van der Waals surface area (Å²) < 4.78 is 26.9. The van der Waals surface area contributed by atoms with Gasteiger partial charge in [-0.2, -0.15) is 5.10 Å². The molecule has 0 bridgehead atoms. The van der Waals surface area contributed by atoms with Crippen LogP contribution in [0.5, 0.6) is 0 Å². The number of rotatable bonds is 6. The molecule has 3 aromatic rings. The van der Waals surface area contributed by atoms with Crippen LogP contribution in [0.15, 0.2) is 61.2 Å². The Balaban J connectivity index is 1.72. The second-order valence-corrected chi connectivity index (χ2v) is 7.41. The predicted octanol–water partition coefficient (Wildman–Crippen LogP) is 1.95. The van der Waals surface area contributed by atoms with Crippen molar-refractivity contribution in [3.05, 3.63) is 72.3 Å². The van der Waals surface area contributed by atoms with Gasteiger partial charge in [0.05, 0.1) is 24.2 Å². The minimum atomic E-state index is -3.45. The van der Waals surface area contributed by atoms with Crippen LogP contribution in [0.1, 0.15) is 15.9 Å². The van der Waals surface area contributed by atoms with E-state index in [1.165, 1.54) is 6.33 Å². The summed E-state index contributed by atoms with van der Waals surface area (Å²) >= 11 is 0. The molecule has 2 aromatic carbocycles. The monoisotopic (exact) mass is 371 g/mol. The zero-order valence-electron chi connectivity index (χ0n) is 14.0. The van der Waals surface area contributed by atoms with Gasteiger partial charge < -0.3 is 5.32 Å². The number of nitrogens with zero attached hydrogens (tertiary/aromatic N) is 3. The Morgan fingerprint density at radius 1 is 1.08 bits per heavy atom. The number of hydrogen-bond acceptors (Lipinski definition) is 5. The highest BCUT2D eigenvalue weighted by atomic mass is 32.2. The fourth-order valence-corrected chi connectivity index (χ4v) is 2.92. The third-order valence-corrected chi connectivity index (χ3v) is 4.09. The van der Waals surface area contributed by atoms with Gasteiger partial charge in [0.15, 0.2) is 0 Å². The average molecular weight is 371 g/mol. The number of anilines is 2. The van der Waals surface area contributed by atoms with Crippen molar-refractivity contribution in [1.29, 1.82) is 0 Å². The van der Waals surface area contributed by atoms with E-state index in [0.717, 1.165) is 11.8 Å². The molecule has 0 fully saturated rings. The summed E-state index contributed by atoms with van der Waals surface area (Å²) in [6.07, 6.45) is 4.13. The van der Waals surface area contributed by atoms with Gasteiger partial charge in [-0.25, -0.2) is 18.1 Å². The van der Waals surface area contributed by atoms with Crippen molar-refractivity contribution in [2.24, 2.45) is 0 Å². The average Bonchev–Trinajstić information content (AvgIpc) is 3.09. The lowest BCUT2D eigenvalue weighted by Gasteiger charge is -2.12. The van der Waals surface area contributed by atoms with E-state index in [-0.39, 0.29) is 5.91 Å². The van der Waals surface area contributed by atoms with E-state index < -0.39 is 10.0 Å². The van der Waals surface area contributed by atoms with E-state index in [4.69, 9.17) is 0 Å². The fourth-order valence-electron chi connectivity index (χ4n) is 2.34. The van der Waals surface area contributed by atoms with Gasteiger partial charge in [-0.15, -0.1) is 0 Å². The summed E-state index contributed by atoms with van der Waals surface area (Å²) in [7, 11) is -3.45. The number of sulfonamides is 1. The first-order valence-corrected chi connectivity index (χ1v) is 9.59. The molecule has 3 rings (SSSR count). The zero-order valence-corrected chi connectivity index (χ0v) is 14.8. The molecule has 0 unspecified atom stereocenters. The van der Waals surface area contributed by atoms with Crippen LogP contribution >= 0.6 is 0 Å². The molecule has 0 radical (unpaired) electrons. The van der Waals surface area contributed by atoms with Crippen molar-refractivity contribution < 1.29 is 13.2 Å². The molecule has 0 atom stereocenters. The molecular formula is C17H17N5O3S. The molecule has 1 heterocycles. The van der Waals surface area contributed by atoms with Crippen LogP contribution in [0, 0.1) is 0 Å². The Kier molecular flexibility index (Phi) is 4.99. The lowest BCUT2D eigenvalue weighted by atomic mass is 10.1. The smallest absolute Gasteiger partial charge is 0.255 e. The number of aromatic nitrogens is 3. The molecule has 9 heteroatoms. The Bertz CT molecular complexity index is 999. The van der Waals surface area contributed by atoms with E-state index in [9.17, 15) is 13.2 Å². The van der Waals surface area contributed by atoms with Crippen molar-refractivity contribution in [3.63, 3.8) is 0 Å². The third-order valence-electron chi connectivity index (χ3n) is 3.50. The maximum Gasteiger partial charge on any atom is 0.255 e. The van der Waals surface area contributed by atoms with Gasteiger partial charge in [-0.1, -0.05) is 24.3 Å². The number of para-hydroxylation sites is 2. The van der Waals surface area contributed by atoms with Crippen LogP contribution in [0.25, 0.3) is 0 Å². The van der Waals surface area contributed by atoms with Crippen LogP contribution in [-0.2, 0) is 16.6 Å². The van der Waals surface area contributed by atoms with E-state index in [2.05, 4.69) is 20.1 Å². The summed E-state index contributed by atoms with van der Waals surface area (Å²) in [6.45, 7) is 0.559. The summed E-state index contributed by atoms with van der Waals surface area (Å²) in [6, 6.07) is 13.7. The molecule has 134 valence electrons. The van der Waals surface area contributed by atoms with Crippen LogP contribution in [0.4, 0.5) is 11.4 Å². The van der Waals surface area contributed by atoms with Gasteiger partial charge >= 0.3 is 0 Å². The Morgan fingerprint density at radius 3 is 2.38 bits per heavy atom. The zero-order chi connectivity index (χ0) is 18.6. The molecule has 0 saturated heterocycles. The maximum atomic E-state index is 12.4. The first-order chi connectivity index (χ1) is 12.4. The van der Waals surface area contributed by atoms with Crippen molar-refractivity contribution in [1.82, 2.24) is 14.8 Å². The molecule has 0 saturated carbocycles. The van der Waals surface area contributed by atoms with E-state index in [1.807, 2.05) is 12.1 Å². The second-order valence-electron chi connectivity index (χ2n) is 5.66. The third kappa shape index (κ3) is 4.67. The van der Waals surface area contributed by atoms with Crippen LogP contribution in [-0.4, -0.2) is 35.3 Å². The molecule has 8 nitrogen and oxygen atoms in total. The SMILES string of the molecule is CS(=O)(=O)Nc1ccccc1NC(=O)c1ccc(Cn2cncn2)cc1. The van der Waals surface area contributed by atoms with Crippen molar-refractivity contribution in [3.8, 4) is 0 Å². The van der Waals surface area contributed by atoms with Gasteiger partial charge in [-0.05, 0) is 29.8 Å². The van der Waals surface area contributed by atoms with Gasteiger partial charge in [0, 0.05) is 5.56 Å². The maximum absolute atomic E-state index is 12.4. The molecule has 1 aromatic heterocycles. The number of nitrogens with one attached hydrogen (secondary N) is 2. The summed E-state index contributed by atoms with van der Waals surface area (Å²) in [5.41, 5.74) is 2.13. The van der Waals surface area contributed by atoms with E-state index in [0.29, 0.717) is 23.5 Å². The number of benzene rings is 2. The number of hydrogen-bond donors (Lipinski definition) is 2. The quantitative estimate of drug-likeness (QED) is 0.689. The highest BCUT2D eigenvalue weighted by Gasteiger charge is 2.11. The van der Waals surface area contributed by atoms with Gasteiger partial charge in [0.1, 0.15) is 12.7 Å². The molecule has 26 heavy (non-hydrogen) atoms. The molecule has 0 aliphatic carbocycles. The van der Waals surface area contributed by atoms with Crippen molar-refractivity contribution in [2.45, 2.75) is 6.54 Å². The first-order valence-electron chi connectivity index (χ1n) is 7.70. The molecule has 0 aliphatic rings. The summed E-state index contributed by atoms with van der Waals surface area (Å²) in [4.78, 5) is 16.3. The van der Waals surface area contributed by atoms with Crippen molar-refractivity contribution >= 4 is 27.3 Å². The fraction of sp³-hybridized carbons (Fsp3) is 0.118. The number of carbonyl (C=O) groups excluding carboxylic acids is 1. The van der Waals surface area contributed by atoms with Crippen LogP contribution in [0.2, 0.25) is 0 Å². The minimum Gasteiger partial charge on any atom is -0.320 e. The molecule has 2 N–H and O–H groups in total. The topological polar surface area (TPSA) is 106 Å². The predicted molar refractivity (Wildman–Crippen MR) is 98.4 cm³/mol.